The normalized spacial score (nSPS) is 27.2. The molecule has 0 aromatic rings. The highest BCUT2D eigenvalue weighted by molar-refractivity contribution is 5.78. The van der Waals surface area contributed by atoms with Crippen molar-refractivity contribution in [2.45, 2.75) is 63.9 Å². The SMILES string of the molecule is CCCNC(=O)C1CCCN(CC2(O)CCCCC2)C1. The van der Waals surface area contributed by atoms with Crippen molar-refractivity contribution in [3.05, 3.63) is 0 Å². The van der Waals surface area contributed by atoms with Gasteiger partial charge in [-0.25, -0.2) is 0 Å². The summed E-state index contributed by atoms with van der Waals surface area (Å²) in [6.45, 7) is 5.45. The summed E-state index contributed by atoms with van der Waals surface area (Å²) >= 11 is 0. The highest BCUT2D eigenvalue weighted by Crippen LogP contribution is 2.30. The summed E-state index contributed by atoms with van der Waals surface area (Å²) in [5.74, 6) is 0.315. The molecule has 20 heavy (non-hydrogen) atoms. The second kappa shape index (κ2) is 7.41. The molecule has 4 heteroatoms. The van der Waals surface area contributed by atoms with Crippen LogP contribution in [-0.4, -0.2) is 47.7 Å². The second-order valence-electron chi connectivity index (χ2n) is 6.65. The molecule has 1 atom stereocenters. The third-order valence-electron chi connectivity index (χ3n) is 4.73. The van der Waals surface area contributed by atoms with Gasteiger partial charge in [-0.3, -0.25) is 9.69 Å². The van der Waals surface area contributed by atoms with Crippen LogP contribution in [-0.2, 0) is 4.79 Å². The van der Waals surface area contributed by atoms with Crippen LogP contribution in [0.5, 0.6) is 0 Å². The van der Waals surface area contributed by atoms with Crippen molar-refractivity contribution >= 4 is 5.91 Å². The van der Waals surface area contributed by atoms with Gasteiger partial charge in [0.1, 0.15) is 0 Å². The van der Waals surface area contributed by atoms with E-state index in [1.165, 1.54) is 6.42 Å². The van der Waals surface area contributed by atoms with E-state index >= 15 is 0 Å². The van der Waals surface area contributed by atoms with Crippen molar-refractivity contribution in [3.8, 4) is 0 Å². The lowest BCUT2D eigenvalue weighted by Crippen LogP contribution is -2.50. The van der Waals surface area contributed by atoms with E-state index in [1.807, 2.05) is 0 Å². The number of β-amino-alcohol motifs (C(OH)–C–C–N with tert-alkyl or cyclic N) is 1. The number of likely N-dealkylation sites (tertiary alicyclic amines) is 1. The smallest absolute Gasteiger partial charge is 0.224 e. The number of amides is 1. The zero-order valence-corrected chi connectivity index (χ0v) is 12.9. The maximum atomic E-state index is 12.1. The standard InChI is InChI=1S/C16H30N2O2/c1-2-10-17-15(19)14-7-6-11-18(12-14)13-16(20)8-4-3-5-9-16/h14,20H,2-13H2,1H3,(H,17,19). The Labute approximate surface area is 122 Å². The highest BCUT2D eigenvalue weighted by atomic mass is 16.3. The zero-order valence-electron chi connectivity index (χ0n) is 12.9. The minimum absolute atomic E-state index is 0.113. The zero-order chi connectivity index (χ0) is 14.4. The monoisotopic (exact) mass is 282 g/mol. The van der Waals surface area contributed by atoms with E-state index < -0.39 is 5.60 Å². The van der Waals surface area contributed by atoms with Gasteiger partial charge < -0.3 is 10.4 Å². The first kappa shape index (κ1) is 15.8. The quantitative estimate of drug-likeness (QED) is 0.810. The predicted octanol–water partition coefficient (Wildman–Crippen LogP) is 1.92. The molecule has 2 rings (SSSR count). The van der Waals surface area contributed by atoms with Crippen LogP contribution in [0.4, 0.5) is 0 Å². The highest BCUT2D eigenvalue weighted by Gasteiger charge is 2.34. The Morgan fingerprint density at radius 1 is 1.30 bits per heavy atom. The predicted molar refractivity (Wildman–Crippen MR) is 80.5 cm³/mol. The lowest BCUT2D eigenvalue weighted by Gasteiger charge is -2.40. The molecule has 0 bridgehead atoms. The molecule has 0 aromatic heterocycles. The third-order valence-corrected chi connectivity index (χ3v) is 4.73. The van der Waals surface area contributed by atoms with Gasteiger partial charge >= 0.3 is 0 Å². The lowest BCUT2D eigenvalue weighted by molar-refractivity contribution is -0.127. The van der Waals surface area contributed by atoms with Crippen molar-refractivity contribution in [3.63, 3.8) is 0 Å². The average molecular weight is 282 g/mol. The van der Waals surface area contributed by atoms with Crippen LogP contribution in [0, 0.1) is 5.92 Å². The molecule has 1 saturated carbocycles. The van der Waals surface area contributed by atoms with Crippen molar-refractivity contribution in [1.29, 1.82) is 0 Å². The van der Waals surface area contributed by atoms with Crippen LogP contribution in [0.3, 0.4) is 0 Å². The maximum absolute atomic E-state index is 12.1. The van der Waals surface area contributed by atoms with Gasteiger partial charge in [0.05, 0.1) is 11.5 Å². The van der Waals surface area contributed by atoms with E-state index in [1.54, 1.807) is 0 Å². The number of nitrogens with zero attached hydrogens (tertiary/aromatic N) is 1. The van der Waals surface area contributed by atoms with Crippen LogP contribution >= 0.6 is 0 Å². The summed E-state index contributed by atoms with van der Waals surface area (Å²) in [6.07, 6.45) is 8.44. The van der Waals surface area contributed by atoms with Crippen LogP contribution < -0.4 is 5.32 Å². The number of nitrogens with one attached hydrogen (secondary N) is 1. The summed E-state index contributed by atoms with van der Waals surface area (Å²) in [5.41, 5.74) is -0.500. The van der Waals surface area contributed by atoms with E-state index in [0.29, 0.717) is 0 Å². The van der Waals surface area contributed by atoms with Crippen molar-refractivity contribution in [1.82, 2.24) is 10.2 Å². The Bertz CT molecular complexity index is 314. The molecule has 1 aliphatic heterocycles. The van der Waals surface area contributed by atoms with Gasteiger partial charge in [-0.15, -0.1) is 0 Å². The Balaban J connectivity index is 1.82. The van der Waals surface area contributed by atoms with Gasteiger partial charge in [-0.1, -0.05) is 26.2 Å². The number of carbonyl (C=O) groups is 1. The average Bonchev–Trinajstić information content (AvgIpc) is 2.45. The van der Waals surface area contributed by atoms with Gasteiger partial charge in [0.25, 0.3) is 0 Å². The number of rotatable bonds is 5. The molecule has 1 amide bonds. The van der Waals surface area contributed by atoms with Crippen molar-refractivity contribution < 1.29 is 9.90 Å². The molecule has 4 nitrogen and oxygen atoms in total. The molecule has 1 saturated heterocycles. The molecule has 0 radical (unpaired) electrons. The summed E-state index contributed by atoms with van der Waals surface area (Å²) < 4.78 is 0. The first-order valence-electron chi connectivity index (χ1n) is 8.35. The third kappa shape index (κ3) is 4.45. The maximum Gasteiger partial charge on any atom is 0.224 e. The first-order valence-corrected chi connectivity index (χ1v) is 8.35. The number of hydrogen-bond donors (Lipinski definition) is 2. The van der Waals surface area contributed by atoms with Gasteiger partial charge in [0.2, 0.25) is 5.91 Å². The minimum atomic E-state index is -0.500. The largest absolute Gasteiger partial charge is 0.389 e. The second-order valence-corrected chi connectivity index (χ2v) is 6.65. The Hall–Kier alpha value is -0.610. The fourth-order valence-electron chi connectivity index (χ4n) is 3.59. The molecule has 1 heterocycles. The first-order chi connectivity index (χ1) is 9.63. The van der Waals surface area contributed by atoms with Gasteiger partial charge in [-0.2, -0.15) is 0 Å². The van der Waals surface area contributed by atoms with E-state index in [4.69, 9.17) is 0 Å². The van der Waals surface area contributed by atoms with Crippen LogP contribution in [0.1, 0.15) is 58.3 Å². The van der Waals surface area contributed by atoms with E-state index in [-0.39, 0.29) is 11.8 Å². The van der Waals surface area contributed by atoms with Gasteiger partial charge in [0, 0.05) is 19.6 Å². The van der Waals surface area contributed by atoms with E-state index in [0.717, 1.165) is 71.1 Å². The molecule has 2 N–H and O–H groups in total. The number of aliphatic hydroxyl groups is 1. The van der Waals surface area contributed by atoms with E-state index in [9.17, 15) is 9.90 Å². The molecule has 0 spiro atoms. The number of piperidine rings is 1. The van der Waals surface area contributed by atoms with Crippen LogP contribution in [0.2, 0.25) is 0 Å². The lowest BCUT2D eigenvalue weighted by atomic mass is 9.83. The summed E-state index contributed by atoms with van der Waals surface area (Å²) in [5, 5.41) is 13.7. The molecule has 2 fully saturated rings. The fraction of sp³-hybridized carbons (Fsp3) is 0.938. The Morgan fingerprint density at radius 2 is 2.05 bits per heavy atom. The molecule has 1 aliphatic carbocycles. The molecular formula is C16H30N2O2. The van der Waals surface area contributed by atoms with Crippen LogP contribution in [0.25, 0.3) is 0 Å². The van der Waals surface area contributed by atoms with Gasteiger partial charge in [0.15, 0.2) is 0 Å². The van der Waals surface area contributed by atoms with Crippen molar-refractivity contribution in [2.24, 2.45) is 5.92 Å². The molecule has 116 valence electrons. The minimum Gasteiger partial charge on any atom is -0.389 e. The fourth-order valence-corrected chi connectivity index (χ4v) is 3.59. The molecule has 2 aliphatic rings. The topological polar surface area (TPSA) is 52.6 Å². The number of hydrogen-bond acceptors (Lipinski definition) is 3. The number of carbonyl (C=O) groups excluding carboxylic acids is 1. The van der Waals surface area contributed by atoms with E-state index in [2.05, 4.69) is 17.1 Å². The Morgan fingerprint density at radius 3 is 2.75 bits per heavy atom. The molecule has 0 aromatic carbocycles. The summed E-state index contributed by atoms with van der Waals surface area (Å²) in [7, 11) is 0. The van der Waals surface area contributed by atoms with Crippen molar-refractivity contribution in [2.75, 3.05) is 26.2 Å². The Kier molecular flexibility index (Phi) is 5.85. The summed E-state index contributed by atoms with van der Waals surface area (Å²) in [6, 6.07) is 0. The molecule has 1 unspecified atom stereocenters. The summed E-state index contributed by atoms with van der Waals surface area (Å²) in [4.78, 5) is 14.4. The molecular weight excluding hydrogens is 252 g/mol. The van der Waals surface area contributed by atoms with Crippen LogP contribution in [0.15, 0.2) is 0 Å². The van der Waals surface area contributed by atoms with Gasteiger partial charge in [-0.05, 0) is 38.6 Å².